The number of benzene rings is 2. The number of carboxylic acids is 2. The largest absolute Gasteiger partial charge is 0.490 e. The predicted octanol–water partition coefficient (Wildman–Crippen LogP) is 1.12. The number of hydrogen-bond acceptors (Lipinski definition) is 6. The van der Waals surface area contributed by atoms with E-state index in [1.165, 1.54) is 0 Å². The molecular formula is C20H22O8. The molecule has 2 aromatic carbocycles. The number of ether oxygens (including phenoxy) is 2. The molecule has 0 heterocycles. The van der Waals surface area contributed by atoms with Gasteiger partial charge in [-0.05, 0) is 35.4 Å². The van der Waals surface area contributed by atoms with Gasteiger partial charge in [-0.15, -0.1) is 0 Å². The number of aliphatic hydroxyl groups excluding tert-OH is 2. The van der Waals surface area contributed by atoms with E-state index < -0.39 is 24.1 Å². The molecule has 2 aromatic rings. The van der Waals surface area contributed by atoms with Crippen molar-refractivity contribution in [2.45, 2.75) is 25.0 Å². The van der Waals surface area contributed by atoms with Crippen LogP contribution in [0.25, 0.3) is 0 Å². The van der Waals surface area contributed by atoms with Gasteiger partial charge in [-0.2, -0.15) is 0 Å². The zero-order valence-electron chi connectivity index (χ0n) is 15.0. The van der Waals surface area contributed by atoms with Gasteiger partial charge in [0, 0.05) is 12.8 Å². The Morgan fingerprint density at radius 3 is 1.29 bits per heavy atom. The average molecular weight is 390 g/mol. The standard InChI is InChI=1S/C20H22O8/c21-17(19(23)24)11-13-1-5-15(6-2-13)27-9-10-28-16-7-3-14(4-8-16)12-18(22)20(25)26/h1-8,17-18,21-22H,9-12H2,(H,23,24)(H,25,26). The van der Waals surface area contributed by atoms with Gasteiger partial charge in [-0.25, -0.2) is 9.59 Å². The maximum atomic E-state index is 10.6. The van der Waals surface area contributed by atoms with Crippen LogP contribution in [0.1, 0.15) is 11.1 Å². The van der Waals surface area contributed by atoms with Crippen molar-refractivity contribution in [3.63, 3.8) is 0 Å². The molecule has 0 bridgehead atoms. The van der Waals surface area contributed by atoms with E-state index in [0.29, 0.717) is 22.6 Å². The van der Waals surface area contributed by atoms with Crippen molar-refractivity contribution in [3.05, 3.63) is 59.7 Å². The highest BCUT2D eigenvalue weighted by Gasteiger charge is 2.14. The summed E-state index contributed by atoms with van der Waals surface area (Å²) >= 11 is 0. The van der Waals surface area contributed by atoms with Crippen molar-refractivity contribution in [2.75, 3.05) is 13.2 Å². The molecule has 4 N–H and O–H groups in total. The van der Waals surface area contributed by atoms with Crippen LogP contribution in [0.15, 0.2) is 48.5 Å². The van der Waals surface area contributed by atoms with Gasteiger partial charge in [0.15, 0.2) is 12.2 Å². The maximum Gasteiger partial charge on any atom is 0.332 e. The highest BCUT2D eigenvalue weighted by atomic mass is 16.5. The number of rotatable bonds is 11. The third kappa shape index (κ3) is 6.90. The Morgan fingerprint density at radius 1 is 0.679 bits per heavy atom. The number of aliphatic carboxylic acids is 2. The zero-order valence-corrected chi connectivity index (χ0v) is 15.0. The number of carbonyl (C=O) groups is 2. The van der Waals surface area contributed by atoms with Crippen molar-refractivity contribution >= 4 is 11.9 Å². The topological polar surface area (TPSA) is 134 Å². The third-order valence-electron chi connectivity index (χ3n) is 3.90. The SMILES string of the molecule is O=C(O)C(O)Cc1ccc(OCCOc2ccc(CC(O)C(=O)O)cc2)cc1. The van der Waals surface area contributed by atoms with Crippen LogP contribution in [0.4, 0.5) is 0 Å². The Labute approximate surface area is 161 Å². The fourth-order valence-corrected chi connectivity index (χ4v) is 2.38. The second kappa shape index (κ2) is 10.3. The van der Waals surface area contributed by atoms with Crippen LogP contribution in [0.5, 0.6) is 11.5 Å². The molecular weight excluding hydrogens is 368 g/mol. The van der Waals surface area contributed by atoms with Crippen LogP contribution in [0.3, 0.4) is 0 Å². The summed E-state index contributed by atoms with van der Waals surface area (Å²) in [5.41, 5.74) is 1.37. The first-order chi connectivity index (χ1) is 13.3. The summed E-state index contributed by atoms with van der Waals surface area (Å²) in [5, 5.41) is 36.0. The van der Waals surface area contributed by atoms with E-state index in [4.69, 9.17) is 19.7 Å². The summed E-state index contributed by atoms with van der Waals surface area (Å²) in [7, 11) is 0. The first-order valence-corrected chi connectivity index (χ1v) is 8.60. The maximum absolute atomic E-state index is 10.6. The Kier molecular flexibility index (Phi) is 7.79. The molecule has 2 rings (SSSR count). The molecule has 0 saturated carbocycles. The molecule has 0 aromatic heterocycles. The van der Waals surface area contributed by atoms with Crippen molar-refractivity contribution < 1.29 is 39.5 Å². The average Bonchev–Trinajstić information content (AvgIpc) is 2.67. The molecule has 0 amide bonds. The van der Waals surface area contributed by atoms with Crippen molar-refractivity contribution in [1.29, 1.82) is 0 Å². The minimum atomic E-state index is -1.43. The minimum Gasteiger partial charge on any atom is -0.490 e. The first-order valence-electron chi connectivity index (χ1n) is 8.60. The van der Waals surface area contributed by atoms with Crippen LogP contribution >= 0.6 is 0 Å². The van der Waals surface area contributed by atoms with Crippen molar-refractivity contribution in [3.8, 4) is 11.5 Å². The summed E-state index contributed by atoms with van der Waals surface area (Å²) in [6.07, 6.45) is -2.81. The smallest absolute Gasteiger partial charge is 0.332 e. The summed E-state index contributed by atoms with van der Waals surface area (Å²) in [4.78, 5) is 21.3. The molecule has 0 spiro atoms. The summed E-state index contributed by atoms with van der Waals surface area (Å²) in [5.74, 6) is -1.34. The fraction of sp³-hybridized carbons (Fsp3) is 0.300. The molecule has 0 aliphatic carbocycles. The predicted molar refractivity (Wildman–Crippen MR) is 98.6 cm³/mol. The second-order valence-corrected chi connectivity index (χ2v) is 6.10. The van der Waals surface area contributed by atoms with E-state index in [2.05, 4.69) is 0 Å². The van der Waals surface area contributed by atoms with Crippen LogP contribution in [0.2, 0.25) is 0 Å². The Bertz CT molecular complexity index is 702. The lowest BCUT2D eigenvalue weighted by atomic mass is 10.1. The van der Waals surface area contributed by atoms with E-state index in [-0.39, 0.29) is 26.1 Å². The van der Waals surface area contributed by atoms with Gasteiger partial charge in [0.2, 0.25) is 0 Å². The van der Waals surface area contributed by atoms with Crippen LogP contribution in [-0.4, -0.2) is 57.8 Å². The molecule has 0 aliphatic rings. The summed E-state index contributed by atoms with van der Waals surface area (Å²) < 4.78 is 11.1. The lowest BCUT2D eigenvalue weighted by molar-refractivity contribution is -0.147. The van der Waals surface area contributed by atoms with Crippen molar-refractivity contribution in [2.24, 2.45) is 0 Å². The van der Waals surface area contributed by atoms with Crippen LogP contribution in [-0.2, 0) is 22.4 Å². The van der Waals surface area contributed by atoms with Gasteiger partial charge in [0.05, 0.1) is 0 Å². The molecule has 2 unspecified atom stereocenters. The van der Waals surface area contributed by atoms with Gasteiger partial charge < -0.3 is 29.9 Å². The molecule has 8 heteroatoms. The molecule has 150 valence electrons. The lowest BCUT2D eigenvalue weighted by Crippen LogP contribution is -2.21. The van der Waals surface area contributed by atoms with Crippen molar-refractivity contribution in [1.82, 2.24) is 0 Å². The normalized spacial score (nSPS) is 12.8. The number of carboxylic acid groups (broad SMARTS) is 2. The van der Waals surface area contributed by atoms with Crippen LogP contribution < -0.4 is 9.47 Å². The van der Waals surface area contributed by atoms with Gasteiger partial charge >= 0.3 is 11.9 Å². The van der Waals surface area contributed by atoms with Gasteiger partial charge in [0.1, 0.15) is 24.7 Å². The monoisotopic (exact) mass is 390 g/mol. The Balaban J connectivity index is 1.72. The third-order valence-corrected chi connectivity index (χ3v) is 3.90. The highest BCUT2D eigenvalue weighted by Crippen LogP contribution is 2.15. The number of hydrogen-bond donors (Lipinski definition) is 4. The molecule has 0 aliphatic heterocycles. The molecule has 8 nitrogen and oxygen atoms in total. The van der Waals surface area contributed by atoms with E-state index in [1.54, 1.807) is 48.5 Å². The summed E-state index contributed by atoms with van der Waals surface area (Å²) in [6.45, 7) is 0.577. The highest BCUT2D eigenvalue weighted by molar-refractivity contribution is 5.72. The van der Waals surface area contributed by atoms with E-state index in [1.807, 2.05) is 0 Å². The van der Waals surface area contributed by atoms with Gasteiger partial charge in [0.25, 0.3) is 0 Å². The lowest BCUT2D eigenvalue weighted by Gasteiger charge is -2.10. The van der Waals surface area contributed by atoms with E-state index in [0.717, 1.165) is 0 Å². The molecule has 0 saturated heterocycles. The molecule has 0 fully saturated rings. The Hall–Kier alpha value is -3.10. The number of aliphatic hydroxyl groups is 2. The van der Waals surface area contributed by atoms with E-state index >= 15 is 0 Å². The molecule has 0 radical (unpaired) electrons. The summed E-state index contributed by atoms with van der Waals surface area (Å²) in [6, 6.07) is 13.5. The minimum absolute atomic E-state index is 0.0260. The quantitative estimate of drug-likeness (QED) is 0.420. The zero-order chi connectivity index (χ0) is 20.5. The van der Waals surface area contributed by atoms with Crippen LogP contribution in [0, 0.1) is 0 Å². The van der Waals surface area contributed by atoms with Gasteiger partial charge in [-0.3, -0.25) is 0 Å². The fourth-order valence-electron chi connectivity index (χ4n) is 2.38. The van der Waals surface area contributed by atoms with E-state index in [9.17, 15) is 19.8 Å². The Morgan fingerprint density at radius 2 is 1.00 bits per heavy atom. The first kappa shape index (κ1) is 21.2. The second-order valence-electron chi connectivity index (χ2n) is 6.10. The molecule has 2 atom stereocenters. The molecule has 28 heavy (non-hydrogen) atoms. The van der Waals surface area contributed by atoms with Gasteiger partial charge in [-0.1, -0.05) is 24.3 Å².